The second kappa shape index (κ2) is 7.47. The van der Waals surface area contributed by atoms with E-state index in [1.165, 1.54) is 0 Å². The second-order valence-corrected chi connectivity index (χ2v) is 6.36. The fourth-order valence-corrected chi connectivity index (χ4v) is 3.33. The number of thiazole rings is 1. The molecule has 1 N–H and O–H groups in total. The van der Waals surface area contributed by atoms with Gasteiger partial charge in [0.2, 0.25) is 0 Å². The minimum absolute atomic E-state index is 0. The van der Waals surface area contributed by atoms with Gasteiger partial charge in [0.15, 0.2) is 0 Å². The molecular weight excluding hydrogens is 403 g/mol. The molecular formula is C16H13BrCl2N2S. The van der Waals surface area contributed by atoms with Crippen molar-refractivity contribution >= 4 is 45.4 Å². The van der Waals surface area contributed by atoms with Crippen molar-refractivity contribution in [3.8, 4) is 11.3 Å². The minimum Gasteiger partial charge on any atom is -1.00 e. The summed E-state index contributed by atoms with van der Waals surface area (Å²) in [6.07, 6.45) is 0. The zero-order valence-electron chi connectivity index (χ0n) is 11.7. The topological polar surface area (TPSA) is 15.9 Å². The predicted molar refractivity (Wildman–Crippen MR) is 90.7 cm³/mol. The van der Waals surface area contributed by atoms with Crippen LogP contribution in [0.1, 0.15) is 0 Å². The van der Waals surface area contributed by atoms with Crippen LogP contribution in [0.2, 0.25) is 10.0 Å². The van der Waals surface area contributed by atoms with Crippen LogP contribution < -0.4 is 26.9 Å². The van der Waals surface area contributed by atoms with E-state index in [-0.39, 0.29) is 17.0 Å². The molecule has 0 aliphatic heterocycles. The molecule has 2 aromatic carbocycles. The number of nitrogens with one attached hydrogen (secondary N) is 1. The van der Waals surface area contributed by atoms with E-state index in [0.717, 1.165) is 32.1 Å². The van der Waals surface area contributed by atoms with Gasteiger partial charge in [-0.25, -0.2) is 9.88 Å². The van der Waals surface area contributed by atoms with E-state index in [1.54, 1.807) is 11.3 Å². The molecule has 3 rings (SSSR count). The molecule has 114 valence electrons. The summed E-state index contributed by atoms with van der Waals surface area (Å²) in [6.45, 7) is 0. The van der Waals surface area contributed by atoms with Crippen LogP contribution in [0.15, 0.2) is 53.9 Å². The van der Waals surface area contributed by atoms with Gasteiger partial charge in [0, 0.05) is 27.1 Å². The summed E-state index contributed by atoms with van der Waals surface area (Å²) in [6, 6.07) is 15.5. The van der Waals surface area contributed by atoms with E-state index in [2.05, 4.69) is 15.3 Å². The number of anilines is 2. The van der Waals surface area contributed by atoms with Crippen molar-refractivity contribution in [2.24, 2.45) is 7.05 Å². The SMILES string of the molecule is C[n+]1c(-c2ccc(Cl)cc2)csc1Nc1cccc(Cl)c1.[Br-]. The van der Waals surface area contributed by atoms with Crippen LogP contribution >= 0.6 is 34.5 Å². The van der Waals surface area contributed by atoms with Crippen molar-refractivity contribution in [2.75, 3.05) is 5.32 Å². The Morgan fingerprint density at radius 3 is 2.41 bits per heavy atom. The van der Waals surface area contributed by atoms with Gasteiger partial charge in [-0.2, -0.15) is 0 Å². The van der Waals surface area contributed by atoms with Crippen LogP contribution in [-0.4, -0.2) is 0 Å². The molecule has 0 aliphatic carbocycles. The average Bonchev–Trinajstić information content (AvgIpc) is 2.81. The first-order valence-electron chi connectivity index (χ1n) is 6.39. The lowest BCUT2D eigenvalue weighted by Crippen LogP contribution is -3.00. The van der Waals surface area contributed by atoms with E-state index in [4.69, 9.17) is 23.2 Å². The van der Waals surface area contributed by atoms with Crippen molar-refractivity contribution in [1.82, 2.24) is 0 Å². The lowest BCUT2D eigenvalue weighted by atomic mass is 10.2. The molecule has 1 heterocycles. The third kappa shape index (κ3) is 3.82. The molecule has 0 bridgehead atoms. The number of hydrogen-bond acceptors (Lipinski definition) is 2. The van der Waals surface area contributed by atoms with Gasteiger partial charge in [-0.1, -0.05) is 40.6 Å². The van der Waals surface area contributed by atoms with Gasteiger partial charge in [-0.05, 0) is 36.4 Å². The van der Waals surface area contributed by atoms with E-state index >= 15 is 0 Å². The summed E-state index contributed by atoms with van der Waals surface area (Å²) >= 11 is 13.6. The molecule has 0 fully saturated rings. The molecule has 0 spiro atoms. The standard InChI is InChI=1S/C16H12Cl2N2S.BrH/c1-20-15(11-5-7-12(17)8-6-11)10-21-16(20)19-14-4-2-3-13(18)9-14;/h2-10H,1H3;1H. The number of benzene rings is 2. The van der Waals surface area contributed by atoms with Crippen LogP contribution in [-0.2, 0) is 7.05 Å². The highest BCUT2D eigenvalue weighted by Gasteiger charge is 2.16. The zero-order chi connectivity index (χ0) is 14.8. The fraction of sp³-hybridized carbons (Fsp3) is 0.0625. The molecule has 2 nitrogen and oxygen atoms in total. The molecule has 0 amide bonds. The lowest BCUT2D eigenvalue weighted by molar-refractivity contribution is -0.641. The Balaban J connectivity index is 0.00000176. The maximum Gasteiger partial charge on any atom is 0.339 e. The normalized spacial score (nSPS) is 10.1. The fourth-order valence-electron chi connectivity index (χ4n) is 2.06. The second-order valence-electron chi connectivity index (χ2n) is 4.63. The van der Waals surface area contributed by atoms with Gasteiger partial charge >= 0.3 is 5.13 Å². The summed E-state index contributed by atoms with van der Waals surface area (Å²) in [5.74, 6) is 0. The molecule has 0 unspecified atom stereocenters. The molecule has 0 saturated carbocycles. The van der Waals surface area contributed by atoms with Gasteiger partial charge < -0.3 is 17.0 Å². The highest BCUT2D eigenvalue weighted by atomic mass is 79.9. The minimum atomic E-state index is 0. The van der Waals surface area contributed by atoms with Gasteiger partial charge in [0.1, 0.15) is 11.4 Å². The number of nitrogens with zero attached hydrogens (tertiary/aromatic N) is 1. The third-order valence-electron chi connectivity index (χ3n) is 3.16. The molecule has 1 aromatic heterocycles. The van der Waals surface area contributed by atoms with Gasteiger partial charge in [-0.15, -0.1) is 0 Å². The lowest BCUT2D eigenvalue weighted by Gasteiger charge is -2.01. The zero-order valence-corrected chi connectivity index (χ0v) is 15.6. The highest BCUT2D eigenvalue weighted by Crippen LogP contribution is 2.26. The van der Waals surface area contributed by atoms with Crippen LogP contribution in [0.5, 0.6) is 0 Å². The Morgan fingerprint density at radius 2 is 1.73 bits per heavy atom. The van der Waals surface area contributed by atoms with E-state index in [9.17, 15) is 0 Å². The average molecular weight is 416 g/mol. The van der Waals surface area contributed by atoms with Crippen molar-refractivity contribution in [2.45, 2.75) is 0 Å². The predicted octanol–water partition coefficient (Wildman–Crippen LogP) is 2.29. The summed E-state index contributed by atoms with van der Waals surface area (Å²) in [7, 11) is 2.04. The quantitative estimate of drug-likeness (QED) is 0.649. The Morgan fingerprint density at radius 1 is 1.00 bits per heavy atom. The number of aromatic nitrogens is 1. The molecule has 0 saturated heterocycles. The van der Waals surface area contributed by atoms with Crippen LogP contribution in [0.25, 0.3) is 11.3 Å². The van der Waals surface area contributed by atoms with Crippen molar-refractivity contribution in [3.05, 3.63) is 64.0 Å². The summed E-state index contributed by atoms with van der Waals surface area (Å²) < 4.78 is 2.12. The van der Waals surface area contributed by atoms with Gasteiger partial charge in [-0.3, -0.25) is 0 Å². The van der Waals surface area contributed by atoms with E-state index in [0.29, 0.717) is 0 Å². The molecule has 0 aliphatic rings. The first-order valence-corrected chi connectivity index (χ1v) is 8.03. The Kier molecular flexibility index (Phi) is 5.87. The first kappa shape index (κ1) is 17.3. The Bertz CT molecular complexity index is 772. The monoisotopic (exact) mass is 414 g/mol. The van der Waals surface area contributed by atoms with E-state index < -0.39 is 0 Å². The van der Waals surface area contributed by atoms with Crippen molar-refractivity contribution in [3.63, 3.8) is 0 Å². The Hall–Kier alpha value is -1.07. The Labute approximate surface area is 154 Å². The number of halogens is 3. The van der Waals surface area contributed by atoms with Crippen molar-refractivity contribution in [1.29, 1.82) is 0 Å². The van der Waals surface area contributed by atoms with Crippen LogP contribution in [0.3, 0.4) is 0 Å². The third-order valence-corrected chi connectivity index (χ3v) is 4.59. The maximum absolute atomic E-state index is 6.01. The summed E-state index contributed by atoms with van der Waals surface area (Å²) in [5.41, 5.74) is 3.25. The molecule has 22 heavy (non-hydrogen) atoms. The highest BCUT2D eigenvalue weighted by molar-refractivity contribution is 7.13. The van der Waals surface area contributed by atoms with E-state index in [1.807, 2.05) is 55.6 Å². The number of rotatable bonds is 3. The maximum atomic E-state index is 6.01. The summed E-state index contributed by atoms with van der Waals surface area (Å²) in [5, 5.41) is 8.01. The van der Waals surface area contributed by atoms with Crippen LogP contribution in [0.4, 0.5) is 10.8 Å². The smallest absolute Gasteiger partial charge is 0.339 e. The molecule has 3 aromatic rings. The van der Waals surface area contributed by atoms with Gasteiger partial charge in [0.25, 0.3) is 0 Å². The largest absolute Gasteiger partial charge is 1.00 e. The first-order chi connectivity index (χ1) is 10.1. The molecule has 0 radical (unpaired) electrons. The van der Waals surface area contributed by atoms with Gasteiger partial charge in [0.05, 0.1) is 7.05 Å². The van der Waals surface area contributed by atoms with Crippen LogP contribution in [0, 0.1) is 0 Å². The summed E-state index contributed by atoms with van der Waals surface area (Å²) in [4.78, 5) is 0. The van der Waals surface area contributed by atoms with Crippen molar-refractivity contribution < 1.29 is 21.5 Å². The molecule has 0 atom stereocenters. The molecule has 6 heteroatoms. The number of hydrogen-bond donors (Lipinski definition) is 1.